The number of nitrogens with one attached hydrogen (secondary N) is 1. The summed E-state index contributed by atoms with van der Waals surface area (Å²) >= 11 is 0. The van der Waals surface area contributed by atoms with Crippen LogP contribution in [0.1, 0.15) is 37.4 Å². The molecule has 98 valence electrons. The average Bonchev–Trinajstić information content (AvgIpc) is 2.93. The molecule has 4 heteroatoms. The van der Waals surface area contributed by atoms with Gasteiger partial charge < -0.3 is 10.1 Å². The van der Waals surface area contributed by atoms with Crippen molar-refractivity contribution in [3.63, 3.8) is 0 Å². The molecule has 2 atom stereocenters. The van der Waals surface area contributed by atoms with Crippen LogP contribution in [-0.2, 0) is 17.6 Å². The first-order valence-corrected chi connectivity index (χ1v) is 7.01. The van der Waals surface area contributed by atoms with Crippen LogP contribution in [-0.4, -0.2) is 29.2 Å². The van der Waals surface area contributed by atoms with Crippen LogP contribution in [0.2, 0.25) is 0 Å². The molecule has 2 aliphatic rings. The highest BCUT2D eigenvalue weighted by molar-refractivity contribution is 5.47. The minimum absolute atomic E-state index is 0.424. The zero-order valence-electron chi connectivity index (χ0n) is 11.0. The number of aryl methyl sites for hydroxylation is 1. The maximum absolute atomic E-state index is 5.46. The lowest BCUT2D eigenvalue weighted by atomic mass is 9.95. The van der Waals surface area contributed by atoms with E-state index in [0.717, 1.165) is 38.3 Å². The maximum Gasteiger partial charge on any atom is 0.133 e. The topological polar surface area (TPSA) is 47.0 Å². The predicted molar refractivity (Wildman–Crippen MR) is 70.7 cm³/mol. The van der Waals surface area contributed by atoms with E-state index in [2.05, 4.69) is 22.2 Å². The Morgan fingerprint density at radius 1 is 1.33 bits per heavy atom. The Morgan fingerprint density at radius 2 is 2.22 bits per heavy atom. The van der Waals surface area contributed by atoms with Gasteiger partial charge in [0.05, 0.1) is 6.61 Å². The summed E-state index contributed by atoms with van der Waals surface area (Å²) in [6.45, 7) is 4.01. The fourth-order valence-electron chi connectivity index (χ4n) is 2.93. The first-order chi connectivity index (χ1) is 8.84. The molecule has 1 fully saturated rings. The molecule has 1 saturated heterocycles. The van der Waals surface area contributed by atoms with Gasteiger partial charge in [-0.25, -0.2) is 9.97 Å². The van der Waals surface area contributed by atoms with Gasteiger partial charge in [-0.1, -0.05) is 0 Å². The van der Waals surface area contributed by atoms with Gasteiger partial charge in [-0.3, -0.25) is 0 Å². The van der Waals surface area contributed by atoms with E-state index in [1.165, 1.54) is 24.1 Å². The molecule has 1 aliphatic carbocycles. The smallest absolute Gasteiger partial charge is 0.133 e. The monoisotopic (exact) mass is 247 g/mol. The molecule has 1 N–H and O–H groups in total. The van der Waals surface area contributed by atoms with Crippen molar-refractivity contribution >= 4 is 5.82 Å². The van der Waals surface area contributed by atoms with Crippen LogP contribution in [0.15, 0.2) is 6.33 Å². The zero-order chi connectivity index (χ0) is 12.4. The first kappa shape index (κ1) is 11.9. The third-order valence-electron chi connectivity index (χ3n) is 4.16. The molecule has 18 heavy (non-hydrogen) atoms. The molecule has 0 amide bonds. The second kappa shape index (κ2) is 5.22. The minimum atomic E-state index is 0.424. The molecule has 4 nitrogen and oxygen atoms in total. The number of aromatic nitrogens is 2. The number of anilines is 1. The van der Waals surface area contributed by atoms with Crippen LogP contribution in [0.5, 0.6) is 0 Å². The SMILES string of the molecule is CC(Nc1ncnc2c1CCCC2)C1CCOC1. The van der Waals surface area contributed by atoms with E-state index in [9.17, 15) is 0 Å². The molecule has 2 unspecified atom stereocenters. The van der Waals surface area contributed by atoms with Crippen LogP contribution in [0.25, 0.3) is 0 Å². The average molecular weight is 247 g/mol. The third-order valence-corrected chi connectivity index (χ3v) is 4.16. The largest absolute Gasteiger partial charge is 0.381 e. The van der Waals surface area contributed by atoms with Gasteiger partial charge in [0.1, 0.15) is 12.1 Å². The molecular formula is C14H21N3O. The quantitative estimate of drug-likeness (QED) is 0.889. The van der Waals surface area contributed by atoms with Gasteiger partial charge in [0.2, 0.25) is 0 Å². The predicted octanol–water partition coefficient (Wildman–Crippen LogP) is 2.19. The van der Waals surface area contributed by atoms with Gasteiger partial charge in [0.25, 0.3) is 0 Å². The Hall–Kier alpha value is -1.16. The van der Waals surface area contributed by atoms with E-state index < -0.39 is 0 Å². The highest BCUT2D eigenvalue weighted by atomic mass is 16.5. The van der Waals surface area contributed by atoms with E-state index in [1.54, 1.807) is 6.33 Å². The van der Waals surface area contributed by atoms with Crippen LogP contribution in [0, 0.1) is 5.92 Å². The minimum Gasteiger partial charge on any atom is -0.381 e. The summed E-state index contributed by atoms with van der Waals surface area (Å²) in [5.41, 5.74) is 2.59. The molecule has 0 radical (unpaired) electrons. The van der Waals surface area contributed by atoms with E-state index >= 15 is 0 Å². The summed E-state index contributed by atoms with van der Waals surface area (Å²) in [6, 6.07) is 0.424. The van der Waals surface area contributed by atoms with Crippen molar-refractivity contribution in [2.24, 2.45) is 5.92 Å². The number of rotatable bonds is 3. The van der Waals surface area contributed by atoms with E-state index in [0.29, 0.717) is 12.0 Å². The molecule has 1 aromatic heterocycles. The number of fused-ring (bicyclic) bond motifs is 1. The summed E-state index contributed by atoms with van der Waals surface area (Å²) in [5.74, 6) is 1.67. The normalized spacial score (nSPS) is 24.6. The van der Waals surface area contributed by atoms with Crippen molar-refractivity contribution < 1.29 is 4.74 Å². The number of ether oxygens (including phenoxy) is 1. The molecule has 0 saturated carbocycles. The Labute approximate surface area is 108 Å². The van der Waals surface area contributed by atoms with Crippen molar-refractivity contribution in [2.75, 3.05) is 18.5 Å². The molecule has 3 rings (SSSR count). The number of hydrogen-bond acceptors (Lipinski definition) is 4. The van der Waals surface area contributed by atoms with Crippen molar-refractivity contribution in [2.45, 2.75) is 45.1 Å². The number of nitrogens with zero attached hydrogens (tertiary/aromatic N) is 2. The van der Waals surface area contributed by atoms with Crippen LogP contribution < -0.4 is 5.32 Å². The summed E-state index contributed by atoms with van der Waals surface area (Å²) in [7, 11) is 0. The van der Waals surface area contributed by atoms with Gasteiger partial charge in [-0.2, -0.15) is 0 Å². The van der Waals surface area contributed by atoms with Crippen molar-refractivity contribution in [1.82, 2.24) is 9.97 Å². The fraction of sp³-hybridized carbons (Fsp3) is 0.714. The standard InChI is InChI=1S/C14H21N3O/c1-10(11-6-7-18-8-11)17-14-12-4-2-3-5-13(12)15-9-16-14/h9-11H,2-8H2,1H3,(H,15,16,17). The van der Waals surface area contributed by atoms with E-state index in [1.807, 2.05) is 0 Å². The highest BCUT2D eigenvalue weighted by Crippen LogP contribution is 2.26. The summed E-state index contributed by atoms with van der Waals surface area (Å²) in [6.07, 6.45) is 7.59. The fourth-order valence-corrected chi connectivity index (χ4v) is 2.93. The molecule has 0 bridgehead atoms. The van der Waals surface area contributed by atoms with Crippen LogP contribution >= 0.6 is 0 Å². The molecule has 0 aromatic carbocycles. The molecule has 1 aromatic rings. The van der Waals surface area contributed by atoms with E-state index in [4.69, 9.17) is 4.74 Å². The van der Waals surface area contributed by atoms with Crippen molar-refractivity contribution in [3.8, 4) is 0 Å². The Morgan fingerprint density at radius 3 is 3.06 bits per heavy atom. The first-order valence-electron chi connectivity index (χ1n) is 7.01. The van der Waals surface area contributed by atoms with Gasteiger partial charge in [0, 0.05) is 29.8 Å². The zero-order valence-corrected chi connectivity index (χ0v) is 11.0. The summed E-state index contributed by atoms with van der Waals surface area (Å²) in [4.78, 5) is 8.85. The third kappa shape index (κ3) is 2.34. The van der Waals surface area contributed by atoms with Gasteiger partial charge in [-0.05, 0) is 39.0 Å². The summed E-state index contributed by atoms with van der Waals surface area (Å²) < 4.78 is 5.46. The molecule has 0 spiro atoms. The van der Waals surface area contributed by atoms with Gasteiger partial charge in [-0.15, -0.1) is 0 Å². The molecule has 1 aliphatic heterocycles. The maximum atomic E-state index is 5.46. The Kier molecular flexibility index (Phi) is 3.46. The van der Waals surface area contributed by atoms with Crippen LogP contribution in [0.4, 0.5) is 5.82 Å². The second-order valence-electron chi connectivity index (χ2n) is 5.41. The Balaban J connectivity index is 1.75. The lowest BCUT2D eigenvalue weighted by Crippen LogP contribution is -2.27. The highest BCUT2D eigenvalue weighted by Gasteiger charge is 2.24. The molecule has 2 heterocycles. The van der Waals surface area contributed by atoms with Gasteiger partial charge >= 0.3 is 0 Å². The molecular weight excluding hydrogens is 226 g/mol. The lowest BCUT2D eigenvalue weighted by Gasteiger charge is -2.23. The van der Waals surface area contributed by atoms with Crippen LogP contribution in [0.3, 0.4) is 0 Å². The second-order valence-corrected chi connectivity index (χ2v) is 5.41. The van der Waals surface area contributed by atoms with Gasteiger partial charge in [0.15, 0.2) is 0 Å². The Bertz CT molecular complexity index is 416. The van der Waals surface area contributed by atoms with E-state index in [-0.39, 0.29) is 0 Å². The number of hydrogen-bond donors (Lipinski definition) is 1. The summed E-state index contributed by atoms with van der Waals surface area (Å²) in [5, 5.41) is 3.58. The van der Waals surface area contributed by atoms with Crippen molar-refractivity contribution in [1.29, 1.82) is 0 Å². The van der Waals surface area contributed by atoms with Crippen molar-refractivity contribution in [3.05, 3.63) is 17.6 Å². The lowest BCUT2D eigenvalue weighted by molar-refractivity contribution is 0.183.